The summed E-state index contributed by atoms with van der Waals surface area (Å²) in [5, 5.41) is 10.8. The van der Waals surface area contributed by atoms with Crippen LogP contribution in [0.4, 0.5) is 11.4 Å². The Morgan fingerprint density at radius 3 is 2.39 bits per heavy atom. The van der Waals surface area contributed by atoms with Crippen molar-refractivity contribution in [2.45, 2.75) is 19.5 Å². The molecule has 2 aromatic rings. The van der Waals surface area contributed by atoms with Crippen LogP contribution in [0.15, 0.2) is 64.8 Å². The number of carbonyl (C=O) groups excluding carboxylic acids is 2. The van der Waals surface area contributed by atoms with Crippen molar-refractivity contribution in [2.75, 3.05) is 31.2 Å². The van der Waals surface area contributed by atoms with Crippen LogP contribution in [0.1, 0.15) is 12.5 Å². The summed E-state index contributed by atoms with van der Waals surface area (Å²) >= 11 is 0. The summed E-state index contributed by atoms with van der Waals surface area (Å²) in [6, 6.07) is 15.9. The number of hydrogen-bond acceptors (Lipinski definition) is 6. The van der Waals surface area contributed by atoms with E-state index in [4.69, 9.17) is 4.74 Å². The van der Waals surface area contributed by atoms with Crippen LogP contribution in [0, 0.1) is 0 Å². The molecule has 1 heterocycles. The Morgan fingerprint density at radius 2 is 1.75 bits per heavy atom. The number of Topliss-reactive ketones (excluding diaryl/α,β-unsaturated/α-hetero) is 1. The molecule has 1 saturated heterocycles. The number of ketones is 1. The Balaban J connectivity index is 1.60. The van der Waals surface area contributed by atoms with Gasteiger partial charge in [0.05, 0.1) is 18.9 Å². The molecule has 1 amide bonds. The number of hydrogen-bond donors (Lipinski definition) is 1. The number of carbonyl (C=O) groups is 2. The lowest BCUT2D eigenvalue weighted by molar-refractivity contribution is -0.129. The molecule has 1 unspecified atom stereocenters. The zero-order valence-electron chi connectivity index (χ0n) is 15.9. The van der Waals surface area contributed by atoms with E-state index in [2.05, 4.69) is 20.4 Å². The molecule has 28 heavy (non-hydrogen) atoms. The molecule has 0 aromatic heterocycles. The number of rotatable bonds is 7. The van der Waals surface area contributed by atoms with Gasteiger partial charge in [-0.25, -0.2) is 0 Å². The van der Waals surface area contributed by atoms with Gasteiger partial charge in [-0.3, -0.25) is 9.59 Å². The number of nitrogens with zero attached hydrogens (tertiary/aromatic N) is 3. The summed E-state index contributed by atoms with van der Waals surface area (Å²) in [6.45, 7) is 4.84. The average Bonchev–Trinajstić information content (AvgIpc) is 2.74. The van der Waals surface area contributed by atoms with Crippen molar-refractivity contribution < 1.29 is 14.3 Å². The minimum absolute atomic E-state index is 0.340. The topological polar surface area (TPSA) is 83.4 Å². The lowest BCUT2D eigenvalue weighted by Gasteiger charge is -2.28. The van der Waals surface area contributed by atoms with E-state index in [0.717, 1.165) is 37.6 Å². The van der Waals surface area contributed by atoms with Crippen LogP contribution in [0.3, 0.4) is 0 Å². The number of morpholine rings is 1. The predicted octanol–water partition coefficient (Wildman–Crippen LogP) is 2.88. The van der Waals surface area contributed by atoms with Crippen molar-refractivity contribution in [1.29, 1.82) is 0 Å². The van der Waals surface area contributed by atoms with Gasteiger partial charge in [-0.05, 0) is 36.8 Å². The first-order valence-electron chi connectivity index (χ1n) is 9.29. The summed E-state index contributed by atoms with van der Waals surface area (Å²) < 4.78 is 5.36. The smallest absolute Gasteiger partial charge is 0.254 e. The van der Waals surface area contributed by atoms with Crippen LogP contribution in [0.25, 0.3) is 0 Å². The lowest BCUT2D eigenvalue weighted by atomic mass is 10.2. The molecule has 0 saturated carbocycles. The summed E-state index contributed by atoms with van der Waals surface area (Å²) in [4.78, 5) is 26.4. The number of amides is 1. The van der Waals surface area contributed by atoms with Gasteiger partial charge in [0.2, 0.25) is 6.04 Å². The van der Waals surface area contributed by atoms with Crippen molar-refractivity contribution in [2.24, 2.45) is 10.2 Å². The maximum Gasteiger partial charge on any atom is 0.254 e. The van der Waals surface area contributed by atoms with Gasteiger partial charge in [-0.15, -0.1) is 0 Å². The number of benzene rings is 2. The fourth-order valence-corrected chi connectivity index (χ4v) is 2.88. The maximum atomic E-state index is 12.3. The van der Waals surface area contributed by atoms with Gasteiger partial charge in [0.1, 0.15) is 0 Å². The van der Waals surface area contributed by atoms with E-state index in [1.54, 1.807) is 0 Å². The molecule has 1 atom stereocenters. The first-order chi connectivity index (χ1) is 13.6. The standard InChI is InChI=1S/C21H24N4O3/c1-16(26)20(21(27)22-15-17-5-3-2-4-6-17)24-23-18-7-9-19(10-8-18)25-11-13-28-14-12-25/h2-10,20H,11-15H2,1H3,(H,22,27). The first kappa shape index (κ1) is 19.7. The minimum Gasteiger partial charge on any atom is -0.378 e. The van der Waals surface area contributed by atoms with Gasteiger partial charge in [0, 0.05) is 25.3 Å². The molecule has 1 aliphatic heterocycles. The fourth-order valence-electron chi connectivity index (χ4n) is 2.88. The third kappa shape index (κ3) is 5.47. The van der Waals surface area contributed by atoms with Gasteiger partial charge in [0.15, 0.2) is 5.78 Å². The normalized spacial score (nSPS) is 15.4. The molecule has 0 bridgehead atoms. The molecule has 1 aliphatic rings. The van der Waals surface area contributed by atoms with Gasteiger partial charge < -0.3 is 15.0 Å². The van der Waals surface area contributed by atoms with E-state index in [1.165, 1.54) is 6.92 Å². The molecule has 2 aromatic carbocycles. The Hall–Kier alpha value is -3.06. The van der Waals surface area contributed by atoms with Crippen molar-refractivity contribution in [1.82, 2.24) is 5.32 Å². The molecule has 1 fully saturated rings. The number of azo groups is 1. The second-order valence-corrected chi connectivity index (χ2v) is 6.55. The Bertz CT molecular complexity index is 815. The van der Waals surface area contributed by atoms with Gasteiger partial charge in [0.25, 0.3) is 5.91 Å². The van der Waals surface area contributed by atoms with Crippen molar-refractivity contribution in [3.63, 3.8) is 0 Å². The van der Waals surface area contributed by atoms with E-state index in [-0.39, 0.29) is 5.78 Å². The third-order valence-electron chi connectivity index (χ3n) is 4.46. The largest absolute Gasteiger partial charge is 0.378 e. The Labute approximate surface area is 164 Å². The minimum atomic E-state index is -1.15. The third-order valence-corrected chi connectivity index (χ3v) is 4.46. The Morgan fingerprint density at radius 1 is 1.07 bits per heavy atom. The molecule has 0 spiro atoms. The molecule has 146 valence electrons. The highest BCUT2D eigenvalue weighted by Gasteiger charge is 2.22. The van der Waals surface area contributed by atoms with Crippen LogP contribution in [0.2, 0.25) is 0 Å². The second kappa shape index (κ2) is 9.75. The lowest BCUT2D eigenvalue weighted by Crippen LogP contribution is -2.37. The highest BCUT2D eigenvalue weighted by Crippen LogP contribution is 2.21. The van der Waals surface area contributed by atoms with E-state index in [1.807, 2.05) is 54.6 Å². The molecule has 7 nitrogen and oxygen atoms in total. The molecule has 3 rings (SSSR count). The summed E-state index contributed by atoms with van der Waals surface area (Å²) in [7, 11) is 0. The fraction of sp³-hybridized carbons (Fsp3) is 0.333. The zero-order valence-corrected chi connectivity index (χ0v) is 15.9. The van der Waals surface area contributed by atoms with Gasteiger partial charge >= 0.3 is 0 Å². The van der Waals surface area contributed by atoms with Crippen molar-refractivity contribution >= 4 is 23.1 Å². The summed E-state index contributed by atoms with van der Waals surface area (Å²) in [5.74, 6) is -0.802. The van der Waals surface area contributed by atoms with Crippen LogP contribution < -0.4 is 10.2 Å². The van der Waals surface area contributed by atoms with E-state index >= 15 is 0 Å². The van der Waals surface area contributed by atoms with Crippen LogP contribution >= 0.6 is 0 Å². The van der Waals surface area contributed by atoms with Crippen LogP contribution in [0.5, 0.6) is 0 Å². The van der Waals surface area contributed by atoms with Gasteiger partial charge in [-0.2, -0.15) is 10.2 Å². The zero-order chi connectivity index (χ0) is 19.8. The average molecular weight is 380 g/mol. The quantitative estimate of drug-likeness (QED) is 0.591. The molecule has 0 aliphatic carbocycles. The molecular formula is C21H24N4O3. The molecular weight excluding hydrogens is 356 g/mol. The van der Waals surface area contributed by atoms with Crippen LogP contribution in [-0.4, -0.2) is 44.0 Å². The summed E-state index contributed by atoms with van der Waals surface area (Å²) in [5.41, 5.74) is 2.64. The molecule has 7 heteroatoms. The SMILES string of the molecule is CC(=O)C(N=Nc1ccc(N2CCOCC2)cc1)C(=O)NCc1ccccc1. The number of nitrogens with one attached hydrogen (secondary N) is 1. The summed E-state index contributed by atoms with van der Waals surface area (Å²) in [6.07, 6.45) is 0. The van der Waals surface area contributed by atoms with E-state index < -0.39 is 11.9 Å². The highest BCUT2D eigenvalue weighted by atomic mass is 16.5. The predicted molar refractivity (Wildman–Crippen MR) is 107 cm³/mol. The van der Waals surface area contributed by atoms with Crippen molar-refractivity contribution in [3.05, 3.63) is 60.2 Å². The van der Waals surface area contributed by atoms with Crippen LogP contribution in [-0.2, 0) is 20.9 Å². The maximum absolute atomic E-state index is 12.3. The molecule has 1 N–H and O–H groups in total. The monoisotopic (exact) mass is 380 g/mol. The number of anilines is 1. The van der Waals surface area contributed by atoms with E-state index in [0.29, 0.717) is 12.2 Å². The second-order valence-electron chi connectivity index (χ2n) is 6.55. The van der Waals surface area contributed by atoms with E-state index in [9.17, 15) is 9.59 Å². The molecule has 0 radical (unpaired) electrons. The Kier molecular flexibility index (Phi) is 6.86. The van der Waals surface area contributed by atoms with Gasteiger partial charge in [-0.1, -0.05) is 30.3 Å². The van der Waals surface area contributed by atoms with Crippen molar-refractivity contribution in [3.8, 4) is 0 Å². The number of ether oxygens (including phenoxy) is 1. The highest BCUT2D eigenvalue weighted by molar-refractivity contribution is 6.04. The first-order valence-corrected chi connectivity index (χ1v) is 9.29.